The number of benzene rings is 2. The molecule has 4 heteroatoms. The largest absolute Gasteiger partial charge is 0.468 e. The van der Waals surface area contributed by atoms with Gasteiger partial charge in [-0.3, -0.25) is 9.63 Å². The van der Waals surface area contributed by atoms with E-state index in [4.69, 9.17) is 9.57 Å². The zero-order valence-corrected chi connectivity index (χ0v) is 11.4. The number of methoxy groups -OCH3 is 1. The molecule has 0 spiro atoms. The van der Waals surface area contributed by atoms with Crippen LogP contribution in [0.1, 0.15) is 5.56 Å². The van der Waals surface area contributed by atoms with E-state index in [2.05, 4.69) is 0 Å². The SMILES string of the molecule is COC(=O)CN(OCc1ccccc1)c1ccccc1. The lowest BCUT2D eigenvalue weighted by atomic mass is 10.2. The number of nitrogens with zero attached hydrogens (tertiary/aromatic N) is 1. The third-order valence-corrected chi connectivity index (χ3v) is 2.77. The summed E-state index contributed by atoms with van der Waals surface area (Å²) in [5, 5.41) is 1.54. The van der Waals surface area contributed by atoms with E-state index in [-0.39, 0.29) is 12.5 Å². The summed E-state index contributed by atoms with van der Waals surface area (Å²) < 4.78 is 4.69. The Labute approximate surface area is 118 Å². The Morgan fingerprint density at radius 2 is 1.60 bits per heavy atom. The maximum absolute atomic E-state index is 11.5. The van der Waals surface area contributed by atoms with Gasteiger partial charge in [-0.2, -0.15) is 0 Å². The zero-order chi connectivity index (χ0) is 14.2. The van der Waals surface area contributed by atoms with Gasteiger partial charge in [-0.1, -0.05) is 48.5 Å². The van der Waals surface area contributed by atoms with E-state index in [0.29, 0.717) is 6.61 Å². The number of rotatable bonds is 6. The average Bonchev–Trinajstić information content (AvgIpc) is 2.53. The molecule has 0 saturated heterocycles. The van der Waals surface area contributed by atoms with Crippen molar-refractivity contribution >= 4 is 11.7 Å². The molecule has 20 heavy (non-hydrogen) atoms. The number of anilines is 1. The van der Waals surface area contributed by atoms with Crippen molar-refractivity contribution < 1.29 is 14.4 Å². The van der Waals surface area contributed by atoms with Crippen LogP contribution in [0.4, 0.5) is 5.69 Å². The first kappa shape index (κ1) is 14.1. The highest BCUT2D eigenvalue weighted by Crippen LogP contribution is 2.15. The van der Waals surface area contributed by atoms with Crippen LogP contribution in [0.2, 0.25) is 0 Å². The van der Waals surface area contributed by atoms with E-state index in [0.717, 1.165) is 11.3 Å². The molecule has 0 N–H and O–H groups in total. The van der Waals surface area contributed by atoms with E-state index in [9.17, 15) is 4.79 Å². The first-order valence-electron chi connectivity index (χ1n) is 6.36. The number of para-hydroxylation sites is 1. The van der Waals surface area contributed by atoms with Crippen LogP contribution < -0.4 is 5.06 Å². The van der Waals surface area contributed by atoms with Crippen molar-refractivity contribution in [3.8, 4) is 0 Å². The number of carbonyl (C=O) groups is 1. The van der Waals surface area contributed by atoms with E-state index >= 15 is 0 Å². The zero-order valence-electron chi connectivity index (χ0n) is 11.4. The van der Waals surface area contributed by atoms with Gasteiger partial charge in [0.1, 0.15) is 6.54 Å². The Morgan fingerprint density at radius 3 is 2.20 bits per heavy atom. The molecular weight excluding hydrogens is 254 g/mol. The number of ether oxygens (including phenoxy) is 1. The van der Waals surface area contributed by atoms with Crippen LogP contribution in [0.3, 0.4) is 0 Å². The van der Waals surface area contributed by atoms with Gasteiger partial charge in [0.05, 0.1) is 19.4 Å². The molecule has 0 radical (unpaired) electrons. The second-order valence-corrected chi connectivity index (χ2v) is 4.21. The lowest BCUT2D eigenvalue weighted by molar-refractivity contribution is -0.140. The molecule has 0 aliphatic rings. The first-order valence-corrected chi connectivity index (χ1v) is 6.36. The van der Waals surface area contributed by atoms with Gasteiger partial charge in [0, 0.05) is 0 Å². The Bertz CT molecular complexity index is 528. The summed E-state index contributed by atoms with van der Waals surface area (Å²) in [7, 11) is 1.36. The Balaban J connectivity index is 2.05. The Hall–Kier alpha value is -2.33. The second-order valence-electron chi connectivity index (χ2n) is 4.21. The molecule has 2 aromatic rings. The molecule has 4 nitrogen and oxygen atoms in total. The van der Waals surface area contributed by atoms with Gasteiger partial charge in [0.2, 0.25) is 0 Å². The quantitative estimate of drug-likeness (QED) is 0.598. The van der Waals surface area contributed by atoms with Gasteiger partial charge in [-0.25, -0.2) is 5.06 Å². The standard InChI is InChI=1S/C16H17NO3/c1-19-16(18)12-17(15-10-6-3-7-11-15)20-13-14-8-4-2-5-9-14/h2-11H,12-13H2,1H3. The molecule has 0 aromatic heterocycles. The van der Waals surface area contributed by atoms with Crippen molar-refractivity contribution in [3.63, 3.8) is 0 Å². The molecule has 104 valence electrons. The number of hydrogen-bond donors (Lipinski definition) is 0. The van der Waals surface area contributed by atoms with Crippen LogP contribution >= 0.6 is 0 Å². The smallest absolute Gasteiger partial charge is 0.327 e. The maximum Gasteiger partial charge on any atom is 0.327 e. The summed E-state index contributed by atoms with van der Waals surface area (Å²) >= 11 is 0. The predicted octanol–water partition coefficient (Wildman–Crippen LogP) is 2.80. The summed E-state index contributed by atoms with van der Waals surface area (Å²) in [5.41, 5.74) is 1.85. The Morgan fingerprint density at radius 1 is 1.00 bits per heavy atom. The van der Waals surface area contributed by atoms with Crippen LogP contribution in [0.5, 0.6) is 0 Å². The highest BCUT2D eigenvalue weighted by Gasteiger charge is 2.12. The van der Waals surface area contributed by atoms with Gasteiger partial charge in [-0.05, 0) is 17.7 Å². The van der Waals surface area contributed by atoms with E-state index in [1.54, 1.807) is 5.06 Å². The summed E-state index contributed by atoms with van der Waals surface area (Å²) in [6.45, 7) is 0.445. The predicted molar refractivity (Wildman–Crippen MR) is 77.0 cm³/mol. The van der Waals surface area contributed by atoms with Crippen molar-refractivity contribution in [1.29, 1.82) is 0 Å². The first-order chi connectivity index (χ1) is 9.79. The highest BCUT2D eigenvalue weighted by atomic mass is 16.7. The summed E-state index contributed by atoms with van der Waals surface area (Å²) in [6, 6.07) is 19.3. The van der Waals surface area contributed by atoms with Gasteiger partial charge in [0.15, 0.2) is 0 Å². The minimum absolute atomic E-state index is 0.0490. The topological polar surface area (TPSA) is 38.8 Å². The number of carbonyl (C=O) groups excluding carboxylic acids is 1. The molecule has 0 aliphatic heterocycles. The molecule has 0 saturated carbocycles. The van der Waals surface area contributed by atoms with Crippen molar-refractivity contribution in [2.24, 2.45) is 0 Å². The molecule has 0 amide bonds. The lowest BCUT2D eigenvalue weighted by Gasteiger charge is -2.22. The van der Waals surface area contributed by atoms with Crippen molar-refractivity contribution in [2.45, 2.75) is 6.61 Å². The van der Waals surface area contributed by atoms with Gasteiger partial charge < -0.3 is 4.74 Å². The molecule has 0 bridgehead atoms. The molecule has 0 fully saturated rings. The molecule has 0 heterocycles. The summed E-state index contributed by atoms with van der Waals surface area (Å²) in [5.74, 6) is -0.345. The van der Waals surface area contributed by atoms with Crippen LogP contribution in [0, 0.1) is 0 Å². The highest BCUT2D eigenvalue weighted by molar-refractivity contribution is 5.74. The van der Waals surface area contributed by atoms with Crippen LogP contribution in [0.25, 0.3) is 0 Å². The van der Waals surface area contributed by atoms with Gasteiger partial charge in [0.25, 0.3) is 0 Å². The molecular formula is C16H17NO3. The fourth-order valence-corrected chi connectivity index (χ4v) is 1.71. The van der Waals surface area contributed by atoms with Gasteiger partial charge in [-0.15, -0.1) is 0 Å². The third-order valence-electron chi connectivity index (χ3n) is 2.77. The van der Waals surface area contributed by atoms with Crippen molar-refractivity contribution in [3.05, 3.63) is 66.2 Å². The number of hydrogen-bond acceptors (Lipinski definition) is 4. The molecule has 0 aliphatic carbocycles. The molecule has 2 rings (SSSR count). The lowest BCUT2D eigenvalue weighted by Crippen LogP contribution is -2.30. The summed E-state index contributed by atoms with van der Waals surface area (Å²) in [4.78, 5) is 17.2. The van der Waals surface area contributed by atoms with E-state index in [1.807, 2.05) is 60.7 Å². The maximum atomic E-state index is 11.5. The number of hydroxylamine groups is 1. The normalized spacial score (nSPS) is 10.1. The fourth-order valence-electron chi connectivity index (χ4n) is 1.71. The number of esters is 1. The minimum atomic E-state index is -0.345. The minimum Gasteiger partial charge on any atom is -0.468 e. The second kappa shape index (κ2) is 7.31. The van der Waals surface area contributed by atoms with Crippen molar-refractivity contribution in [1.82, 2.24) is 0 Å². The molecule has 2 aromatic carbocycles. The summed E-state index contributed by atoms with van der Waals surface area (Å²) in [6.07, 6.45) is 0. The van der Waals surface area contributed by atoms with Crippen LogP contribution in [0.15, 0.2) is 60.7 Å². The Kier molecular flexibility index (Phi) is 5.15. The van der Waals surface area contributed by atoms with Gasteiger partial charge >= 0.3 is 5.97 Å². The third kappa shape index (κ3) is 4.10. The van der Waals surface area contributed by atoms with E-state index in [1.165, 1.54) is 7.11 Å². The van der Waals surface area contributed by atoms with Crippen LogP contribution in [-0.2, 0) is 21.0 Å². The van der Waals surface area contributed by atoms with E-state index < -0.39 is 0 Å². The monoisotopic (exact) mass is 271 g/mol. The molecule has 0 atom stereocenters. The molecule has 0 unspecified atom stereocenters. The van der Waals surface area contributed by atoms with Crippen molar-refractivity contribution in [2.75, 3.05) is 18.7 Å². The van der Waals surface area contributed by atoms with Crippen LogP contribution in [-0.4, -0.2) is 19.6 Å². The average molecular weight is 271 g/mol. The fraction of sp³-hybridized carbons (Fsp3) is 0.188.